The van der Waals surface area contributed by atoms with E-state index in [4.69, 9.17) is 9.47 Å². The lowest BCUT2D eigenvalue weighted by molar-refractivity contribution is 0.336. The van der Waals surface area contributed by atoms with E-state index < -0.39 is 0 Å². The molecule has 0 saturated carbocycles. The lowest BCUT2D eigenvalue weighted by atomic mass is 9.89. The molecular formula is C20H18O2. The Balaban J connectivity index is 1.89. The molecule has 0 spiro atoms. The molecule has 0 aliphatic carbocycles. The van der Waals surface area contributed by atoms with Crippen LogP contribution in [-0.2, 0) is 0 Å². The molecule has 1 heterocycles. The molecule has 2 heteroatoms. The number of hydrogen-bond acceptors (Lipinski definition) is 2. The van der Waals surface area contributed by atoms with E-state index in [9.17, 15) is 0 Å². The van der Waals surface area contributed by atoms with Gasteiger partial charge in [-0.2, -0.15) is 0 Å². The Bertz CT molecular complexity index is 818. The second kappa shape index (κ2) is 5.38. The fourth-order valence-corrected chi connectivity index (χ4v) is 3.33. The molecule has 0 amide bonds. The van der Waals surface area contributed by atoms with Crippen molar-refractivity contribution in [3.63, 3.8) is 0 Å². The maximum atomic E-state index is 5.92. The Morgan fingerprint density at radius 3 is 2.73 bits per heavy atom. The van der Waals surface area contributed by atoms with Crippen LogP contribution >= 0.6 is 0 Å². The Hall–Kier alpha value is -2.48. The zero-order chi connectivity index (χ0) is 14.9. The summed E-state index contributed by atoms with van der Waals surface area (Å²) in [5.74, 6) is 2.11. The zero-order valence-corrected chi connectivity index (χ0v) is 12.6. The van der Waals surface area contributed by atoms with Crippen LogP contribution in [0.2, 0.25) is 0 Å². The van der Waals surface area contributed by atoms with Crippen molar-refractivity contribution in [1.82, 2.24) is 0 Å². The van der Waals surface area contributed by atoms with Gasteiger partial charge < -0.3 is 9.47 Å². The molecule has 1 atom stereocenters. The van der Waals surface area contributed by atoms with Gasteiger partial charge in [0, 0.05) is 5.56 Å². The van der Waals surface area contributed by atoms with Crippen LogP contribution in [0.5, 0.6) is 11.5 Å². The zero-order valence-electron chi connectivity index (χ0n) is 12.6. The first-order chi connectivity index (χ1) is 10.9. The van der Waals surface area contributed by atoms with Crippen molar-refractivity contribution < 1.29 is 9.47 Å². The topological polar surface area (TPSA) is 18.5 Å². The molecule has 3 aromatic carbocycles. The number of fused-ring (bicyclic) bond motifs is 2. The molecule has 0 N–H and O–H groups in total. The number of benzene rings is 3. The van der Waals surface area contributed by atoms with Crippen LogP contribution < -0.4 is 9.47 Å². The molecule has 0 radical (unpaired) electrons. The molecule has 1 unspecified atom stereocenters. The van der Waals surface area contributed by atoms with E-state index in [1.807, 2.05) is 25.1 Å². The van der Waals surface area contributed by atoms with E-state index in [0.717, 1.165) is 11.5 Å². The first kappa shape index (κ1) is 13.2. The van der Waals surface area contributed by atoms with Crippen LogP contribution in [0, 0.1) is 0 Å². The predicted molar refractivity (Wildman–Crippen MR) is 88.9 cm³/mol. The van der Waals surface area contributed by atoms with Crippen molar-refractivity contribution in [2.45, 2.75) is 12.8 Å². The van der Waals surface area contributed by atoms with E-state index in [-0.39, 0.29) is 5.92 Å². The SMILES string of the molecule is CCOc1cccc2c1C(c1cccc3ccccc13)CO2. The highest BCUT2D eigenvalue weighted by Crippen LogP contribution is 2.45. The standard InChI is InChI=1S/C20H18O2/c1-2-21-18-11-6-12-19-20(18)17(13-22-19)16-10-5-8-14-7-3-4-9-15(14)16/h3-12,17H,2,13H2,1H3. The maximum absolute atomic E-state index is 5.92. The summed E-state index contributed by atoms with van der Waals surface area (Å²) in [4.78, 5) is 0. The molecule has 4 rings (SSSR count). The van der Waals surface area contributed by atoms with Gasteiger partial charge in [0.05, 0.1) is 19.1 Å². The van der Waals surface area contributed by atoms with E-state index in [0.29, 0.717) is 13.2 Å². The van der Waals surface area contributed by atoms with Crippen LogP contribution in [0.15, 0.2) is 60.7 Å². The number of ether oxygens (including phenoxy) is 2. The lowest BCUT2D eigenvalue weighted by Crippen LogP contribution is -2.05. The first-order valence-corrected chi connectivity index (χ1v) is 7.74. The number of hydrogen-bond donors (Lipinski definition) is 0. The number of rotatable bonds is 3. The molecule has 0 aromatic heterocycles. The van der Waals surface area contributed by atoms with Crippen LogP contribution in [0.1, 0.15) is 24.0 Å². The van der Waals surface area contributed by atoms with Crippen molar-refractivity contribution in [3.8, 4) is 11.5 Å². The van der Waals surface area contributed by atoms with E-state index in [1.165, 1.54) is 21.9 Å². The molecule has 0 saturated heterocycles. The third-order valence-electron chi connectivity index (χ3n) is 4.28. The summed E-state index contributed by atoms with van der Waals surface area (Å²) in [7, 11) is 0. The normalized spacial score (nSPS) is 16.3. The minimum atomic E-state index is 0.226. The fraction of sp³-hybridized carbons (Fsp3) is 0.200. The van der Waals surface area contributed by atoms with Crippen LogP contribution in [0.25, 0.3) is 10.8 Å². The van der Waals surface area contributed by atoms with Crippen molar-refractivity contribution in [1.29, 1.82) is 0 Å². The van der Waals surface area contributed by atoms with Crippen molar-refractivity contribution in [2.75, 3.05) is 13.2 Å². The van der Waals surface area contributed by atoms with Gasteiger partial charge >= 0.3 is 0 Å². The Kier molecular flexibility index (Phi) is 3.23. The molecule has 1 aliphatic heterocycles. The van der Waals surface area contributed by atoms with Gasteiger partial charge in [-0.05, 0) is 35.4 Å². The quantitative estimate of drug-likeness (QED) is 0.692. The first-order valence-electron chi connectivity index (χ1n) is 7.74. The second-order valence-electron chi connectivity index (χ2n) is 5.53. The van der Waals surface area contributed by atoms with Gasteiger partial charge in [-0.1, -0.05) is 48.5 Å². The van der Waals surface area contributed by atoms with Gasteiger partial charge in [0.25, 0.3) is 0 Å². The average molecular weight is 290 g/mol. The fourth-order valence-electron chi connectivity index (χ4n) is 3.33. The Morgan fingerprint density at radius 2 is 1.82 bits per heavy atom. The summed E-state index contributed by atoms with van der Waals surface area (Å²) >= 11 is 0. The molecule has 2 nitrogen and oxygen atoms in total. The van der Waals surface area contributed by atoms with Gasteiger partial charge in [-0.25, -0.2) is 0 Å². The van der Waals surface area contributed by atoms with Crippen LogP contribution in [-0.4, -0.2) is 13.2 Å². The lowest BCUT2D eigenvalue weighted by Gasteiger charge is -2.16. The summed E-state index contributed by atoms with van der Waals surface area (Å²) in [6.45, 7) is 3.36. The minimum Gasteiger partial charge on any atom is -0.493 e. The Labute approximate surface area is 130 Å². The second-order valence-corrected chi connectivity index (χ2v) is 5.53. The molecule has 110 valence electrons. The summed E-state index contributed by atoms with van der Waals surface area (Å²) in [5, 5.41) is 2.56. The summed E-state index contributed by atoms with van der Waals surface area (Å²) < 4.78 is 11.8. The smallest absolute Gasteiger partial charge is 0.126 e. The van der Waals surface area contributed by atoms with Crippen LogP contribution in [0.3, 0.4) is 0 Å². The van der Waals surface area contributed by atoms with E-state index >= 15 is 0 Å². The molecule has 22 heavy (non-hydrogen) atoms. The average Bonchev–Trinajstić information content (AvgIpc) is 2.99. The van der Waals surface area contributed by atoms with E-state index in [2.05, 4.69) is 42.5 Å². The predicted octanol–water partition coefficient (Wildman–Crippen LogP) is 4.76. The summed E-state index contributed by atoms with van der Waals surface area (Å²) in [5.41, 5.74) is 2.49. The highest BCUT2D eigenvalue weighted by Gasteiger charge is 2.30. The molecule has 3 aromatic rings. The summed E-state index contributed by atoms with van der Waals surface area (Å²) in [6.07, 6.45) is 0. The third kappa shape index (κ3) is 2.03. The highest BCUT2D eigenvalue weighted by atomic mass is 16.5. The highest BCUT2D eigenvalue weighted by molar-refractivity contribution is 5.87. The minimum absolute atomic E-state index is 0.226. The van der Waals surface area contributed by atoms with Gasteiger partial charge in [0.1, 0.15) is 11.5 Å². The summed E-state index contributed by atoms with van der Waals surface area (Å²) in [6, 6.07) is 21.1. The molecule has 0 fully saturated rings. The third-order valence-corrected chi connectivity index (χ3v) is 4.28. The van der Waals surface area contributed by atoms with Crippen molar-refractivity contribution in [3.05, 3.63) is 71.8 Å². The monoisotopic (exact) mass is 290 g/mol. The van der Waals surface area contributed by atoms with Gasteiger partial charge in [-0.15, -0.1) is 0 Å². The molecular weight excluding hydrogens is 272 g/mol. The maximum Gasteiger partial charge on any atom is 0.126 e. The van der Waals surface area contributed by atoms with E-state index in [1.54, 1.807) is 0 Å². The van der Waals surface area contributed by atoms with Gasteiger partial charge in [0.2, 0.25) is 0 Å². The van der Waals surface area contributed by atoms with Gasteiger partial charge in [-0.3, -0.25) is 0 Å². The van der Waals surface area contributed by atoms with Crippen molar-refractivity contribution >= 4 is 10.8 Å². The molecule has 1 aliphatic rings. The molecule has 0 bridgehead atoms. The van der Waals surface area contributed by atoms with Crippen LogP contribution in [0.4, 0.5) is 0 Å². The van der Waals surface area contributed by atoms with Crippen molar-refractivity contribution in [2.24, 2.45) is 0 Å². The largest absolute Gasteiger partial charge is 0.493 e. The Morgan fingerprint density at radius 1 is 1.00 bits per heavy atom. The van der Waals surface area contributed by atoms with Gasteiger partial charge in [0.15, 0.2) is 0 Å².